The fourth-order valence-electron chi connectivity index (χ4n) is 1.73. The molecule has 0 heterocycles. The van der Waals surface area contributed by atoms with Crippen molar-refractivity contribution in [1.29, 1.82) is 0 Å². The molecular weight excluding hydrogens is 260 g/mol. The zero-order valence-electron chi connectivity index (χ0n) is 11.5. The van der Waals surface area contributed by atoms with Gasteiger partial charge >= 0.3 is 0 Å². The Bertz CT molecular complexity index is 395. The van der Waals surface area contributed by atoms with Crippen molar-refractivity contribution in [3.05, 3.63) is 35.4 Å². The molecule has 5 heteroatoms. The van der Waals surface area contributed by atoms with Crippen LogP contribution >= 0.6 is 12.2 Å². The van der Waals surface area contributed by atoms with E-state index in [9.17, 15) is 5.11 Å². The number of benzene rings is 1. The molecule has 0 saturated carbocycles. The fourth-order valence-corrected chi connectivity index (χ4v) is 1.86. The van der Waals surface area contributed by atoms with Crippen molar-refractivity contribution in [2.45, 2.75) is 13.0 Å². The number of likely N-dealkylation sites (N-methyl/N-ethyl adjacent to an activating group) is 1. The van der Waals surface area contributed by atoms with Crippen LogP contribution in [0.1, 0.15) is 24.2 Å². The molecule has 0 bridgehead atoms. The monoisotopic (exact) mass is 282 g/mol. The van der Waals surface area contributed by atoms with Crippen molar-refractivity contribution in [2.24, 2.45) is 5.73 Å². The number of thiocarbonyl (C=S) groups is 1. The lowest BCUT2D eigenvalue weighted by Crippen LogP contribution is -2.28. The number of ether oxygens (including phenoxy) is 1. The Labute approximate surface area is 120 Å². The van der Waals surface area contributed by atoms with Crippen molar-refractivity contribution in [3.8, 4) is 0 Å². The van der Waals surface area contributed by atoms with Gasteiger partial charge in [-0.05, 0) is 19.5 Å². The molecule has 0 aromatic heterocycles. The Morgan fingerprint density at radius 1 is 1.42 bits per heavy atom. The van der Waals surface area contributed by atoms with E-state index < -0.39 is 6.10 Å². The highest BCUT2D eigenvalue weighted by molar-refractivity contribution is 7.80. The molecule has 1 unspecified atom stereocenters. The van der Waals surface area contributed by atoms with Gasteiger partial charge in [0, 0.05) is 25.3 Å². The minimum absolute atomic E-state index is 0.370. The normalized spacial score (nSPS) is 12.6. The van der Waals surface area contributed by atoms with E-state index in [2.05, 4.69) is 0 Å². The van der Waals surface area contributed by atoms with E-state index >= 15 is 0 Å². The second kappa shape index (κ2) is 8.22. The third-order valence-electron chi connectivity index (χ3n) is 2.89. The molecule has 1 rings (SSSR count). The van der Waals surface area contributed by atoms with Gasteiger partial charge in [0.2, 0.25) is 0 Å². The van der Waals surface area contributed by atoms with Gasteiger partial charge < -0.3 is 20.5 Å². The van der Waals surface area contributed by atoms with E-state index in [1.54, 1.807) is 0 Å². The number of aliphatic hydroxyl groups is 1. The largest absolute Gasteiger partial charge is 0.389 e. The van der Waals surface area contributed by atoms with Crippen LogP contribution in [0.3, 0.4) is 0 Å². The Hall–Kier alpha value is -1.01. The molecule has 1 aromatic rings. The first-order valence-electron chi connectivity index (χ1n) is 6.38. The van der Waals surface area contributed by atoms with Gasteiger partial charge in [-0.2, -0.15) is 0 Å². The highest BCUT2D eigenvalue weighted by Gasteiger charge is 2.10. The summed E-state index contributed by atoms with van der Waals surface area (Å²) in [6.45, 7) is 4.74. The number of nitrogens with two attached hydrogens (primary N) is 1. The first-order chi connectivity index (χ1) is 9.04. The van der Waals surface area contributed by atoms with E-state index in [1.807, 2.05) is 43.1 Å². The second-order valence-electron chi connectivity index (χ2n) is 4.46. The molecule has 106 valence electrons. The lowest BCUT2D eigenvalue weighted by Gasteiger charge is -2.20. The van der Waals surface area contributed by atoms with E-state index in [1.165, 1.54) is 0 Å². The maximum absolute atomic E-state index is 10.1. The summed E-state index contributed by atoms with van der Waals surface area (Å²) >= 11 is 4.89. The summed E-state index contributed by atoms with van der Waals surface area (Å²) in [5.41, 5.74) is 7.22. The van der Waals surface area contributed by atoms with Crippen LogP contribution in [0.5, 0.6) is 0 Å². The minimum Gasteiger partial charge on any atom is -0.389 e. The standard InChI is InChI=1S/C14H22N2O2S/c1-3-18-9-8-16(2)10-13(17)11-4-6-12(7-5-11)14(15)19/h4-7,13,17H,3,8-10H2,1-2H3,(H2,15,19). The van der Waals surface area contributed by atoms with Gasteiger partial charge in [-0.3, -0.25) is 0 Å². The molecule has 0 fully saturated rings. The quantitative estimate of drug-likeness (QED) is 0.556. The van der Waals surface area contributed by atoms with Crippen molar-refractivity contribution in [1.82, 2.24) is 4.90 Å². The van der Waals surface area contributed by atoms with Crippen LogP contribution in [0, 0.1) is 0 Å². The molecule has 1 aromatic carbocycles. The summed E-state index contributed by atoms with van der Waals surface area (Å²) in [6.07, 6.45) is -0.521. The lowest BCUT2D eigenvalue weighted by molar-refractivity contribution is 0.0891. The Kier molecular flexibility index (Phi) is 6.94. The van der Waals surface area contributed by atoms with Gasteiger partial charge in [0.05, 0.1) is 12.7 Å². The topological polar surface area (TPSA) is 58.7 Å². The molecule has 0 aliphatic carbocycles. The van der Waals surface area contributed by atoms with Gasteiger partial charge in [-0.1, -0.05) is 36.5 Å². The number of hydrogen-bond acceptors (Lipinski definition) is 4. The zero-order valence-corrected chi connectivity index (χ0v) is 12.3. The second-order valence-corrected chi connectivity index (χ2v) is 4.90. The molecule has 0 aliphatic rings. The van der Waals surface area contributed by atoms with Gasteiger partial charge in [-0.25, -0.2) is 0 Å². The molecule has 0 spiro atoms. The highest BCUT2D eigenvalue weighted by Crippen LogP contribution is 2.14. The molecule has 0 radical (unpaired) electrons. The van der Waals surface area contributed by atoms with Crippen LogP contribution in [0.25, 0.3) is 0 Å². The lowest BCUT2D eigenvalue weighted by atomic mass is 10.1. The Balaban J connectivity index is 2.48. The summed E-state index contributed by atoms with van der Waals surface area (Å²) in [7, 11) is 1.96. The average Bonchev–Trinajstić information content (AvgIpc) is 2.39. The molecule has 0 amide bonds. The highest BCUT2D eigenvalue weighted by atomic mass is 32.1. The van der Waals surface area contributed by atoms with Gasteiger partial charge in [0.1, 0.15) is 4.99 Å². The first-order valence-corrected chi connectivity index (χ1v) is 6.79. The van der Waals surface area contributed by atoms with Gasteiger partial charge in [0.15, 0.2) is 0 Å². The van der Waals surface area contributed by atoms with E-state index in [-0.39, 0.29) is 0 Å². The average molecular weight is 282 g/mol. The van der Waals surface area contributed by atoms with Crippen molar-refractivity contribution in [3.63, 3.8) is 0 Å². The molecule has 4 nitrogen and oxygen atoms in total. The summed E-state index contributed by atoms with van der Waals surface area (Å²) < 4.78 is 5.28. The van der Waals surface area contributed by atoms with Crippen LogP contribution in [-0.4, -0.2) is 48.3 Å². The maximum Gasteiger partial charge on any atom is 0.103 e. The molecule has 3 N–H and O–H groups in total. The Morgan fingerprint density at radius 2 is 2.05 bits per heavy atom. The first kappa shape index (κ1) is 16.0. The van der Waals surface area contributed by atoms with Crippen LogP contribution in [0.15, 0.2) is 24.3 Å². The minimum atomic E-state index is -0.521. The van der Waals surface area contributed by atoms with E-state index in [4.69, 9.17) is 22.7 Å². The summed E-state index contributed by atoms with van der Waals surface area (Å²) in [6, 6.07) is 7.38. The van der Waals surface area contributed by atoms with Crippen molar-refractivity contribution < 1.29 is 9.84 Å². The molecule has 19 heavy (non-hydrogen) atoms. The molecule has 0 saturated heterocycles. The van der Waals surface area contributed by atoms with E-state index in [0.29, 0.717) is 18.1 Å². The summed E-state index contributed by atoms with van der Waals surface area (Å²) in [5, 5.41) is 10.1. The zero-order chi connectivity index (χ0) is 14.3. The smallest absolute Gasteiger partial charge is 0.103 e. The number of hydrogen-bond donors (Lipinski definition) is 2. The number of aliphatic hydroxyl groups excluding tert-OH is 1. The van der Waals surface area contributed by atoms with Crippen LogP contribution < -0.4 is 5.73 Å². The number of rotatable bonds is 8. The fraction of sp³-hybridized carbons (Fsp3) is 0.500. The molecule has 0 aliphatic heterocycles. The van der Waals surface area contributed by atoms with Crippen molar-refractivity contribution >= 4 is 17.2 Å². The van der Waals surface area contributed by atoms with Crippen LogP contribution in [0.4, 0.5) is 0 Å². The number of nitrogens with zero attached hydrogens (tertiary/aromatic N) is 1. The summed E-state index contributed by atoms with van der Waals surface area (Å²) in [4.78, 5) is 2.41. The predicted molar refractivity (Wildman–Crippen MR) is 81.3 cm³/mol. The summed E-state index contributed by atoms with van der Waals surface area (Å²) in [5.74, 6) is 0. The van der Waals surface area contributed by atoms with Gasteiger partial charge in [0.25, 0.3) is 0 Å². The van der Waals surface area contributed by atoms with E-state index in [0.717, 1.165) is 24.3 Å². The maximum atomic E-state index is 10.1. The van der Waals surface area contributed by atoms with Crippen molar-refractivity contribution in [2.75, 3.05) is 33.4 Å². The molecular formula is C14H22N2O2S. The van der Waals surface area contributed by atoms with Gasteiger partial charge in [-0.15, -0.1) is 0 Å². The van der Waals surface area contributed by atoms with Crippen LogP contribution in [0.2, 0.25) is 0 Å². The SMILES string of the molecule is CCOCCN(C)CC(O)c1ccc(C(N)=S)cc1. The van der Waals surface area contributed by atoms with Crippen LogP contribution in [-0.2, 0) is 4.74 Å². The Morgan fingerprint density at radius 3 is 2.58 bits per heavy atom. The predicted octanol–water partition coefficient (Wildman–Crippen LogP) is 1.32. The third kappa shape index (κ3) is 5.65. The third-order valence-corrected chi connectivity index (χ3v) is 3.12. The molecule has 1 atom stereocenters.